The van der Waals surface area contributed by atoms with Gasteiger partial charge in [0.2, 0.25) is 0 Å². The first-order valence-corrected chi connectivity index (χ1v) is 5.11. The molecule has 15 heavy (non-hydrogen) atoms. The Hall–Kier alpha value is -1.77. The van der Waals surface area contributed by atoms with Crippen LogP contribution in [0.1, 0.15) is 12.5 Å². The maximum atomic E-state index is 5.90. The molecule has 0 radical (unpaired) electrons. The molecule has 0 aliphatic carbocycles. The Labute approximate surface area is 89.3 Å². The fourth-order valence-electron chi connectivity index (χ4n) is 1.76. The van der Waals surface area contributed by atoms with Crippen LogP contribution in [0.5, 0.6) is 0 Å². The number of nitrogens with zero attached hydrogens (tertiary/aromatic N) is 1. The first-order chi connectivity index (χ1) is 7.24. The van der Waals surface area contributed by atoms with E-state index >= 15 is 0 Å². The summed E-state index contributed by atoms with van der Waals surface area (Å²) in [5.41, 5.74) is 9.78. The number of aromatic nitrogens is 1. The number of aryl methyl sites for hydroxylation is 1. The summed E-state index contributed by atoms with van der Waals surface area (Å²) < 4.78 is 0. The molecule has 3 nitrogen and oxygen atoms in total. The molecular formula is C12H15N3. The van der Waals surface area contributed by atoms with Crippen molar-refractivity contribution in [3.05, 3.63) is 30.0 Å². The van der Waals surface area contributed by atoms with Gasteiger partial charge in [0.15, 0.2) is 0 Å². The number of hydrogen-bond acceptors (Lipinski definition) is 3. The van der Waals surface area contributed by atoms with E-state index in [9.17, 15) is 0 Å². The van der Waals surface area contributed by atoms with Crippen LogP contribution < -0.4 is 11.1 Å². The molecular weight excluding hydrogens is 186 g/mol. The van der Waals surface area contributed by atoms with Crippen molar-refractivity contribution in [2.75, 3.05) is 17.6 Å². The van der Waals surface area contributed by atoms with Gasteiger partial charge in [0.05, 0.1) is 23.1 Å². The van der Waals surface area contributed by atoms with E-state index in [4.69, 9.17) is 5.73 Å². The lowest BCUT2D eigenvalue weighted by molar-refractivity contribution is 1.21. The lowest BCUT2D eigenvalue weighted by Gasteiger charge is -2.11. The van der Waals surface area contributed by atoms with Crippen molar-refractivity contribution in [1.29, 1.82) is 0 Å². The number of nitrogen functional groups attached to an aromatic ring is 1. The maximum absolute atomic E-state index is 5.90. The van der Waals surface area contributed by atoms with Crippen molar-refractivity contribution in [1.82, 2.24) is 4.98 Å². The highest BCUT2D eigenvalue weighted by Gasteiger charge is 2.06. The third-order valence-electron chi connectivity index (χ3n) is 2.48. The monoisotopic (exact) mass is 201 g/mol. The van der Waals surface area contributed by atoms with Gasteiger partial charge in [0, 0.05) is 11.9 Å². The molecule has 0 bridgehead atoms. The Morgan fingerprint density at radius 3 is 2.93 bits per heavy atom. The zero-order valence-corrected chi connectivity index (χ0v) is 9.04. The third-order valence-corrected chi connectivity index (χ3v) is 2.48. The molecule has 0 aliphatic heterocycles. The molecule has 0 saturated heterocycles. The minimum absolute atomic E-state index is 0.704. The molecule has 78 valence electrons. The van der Waals surface area contributed by atoms with Gasteiger partial charge in [-0.1, -0.05) is 18.2 Å². The zero-order valence-electron chi connectivity index (χ0n) is 9.04. The van der Waals surface area contributed by atoms with Gasteiger partial charge in [0.25, 0.3) is 0 Å². The molecule has 3 heteroatoms. The van der Waals surface area contributed by atoms with Crippen molar-refractivity contribution < 1.29 is 0 Å². The van der Waals surface area contributed by atoms with Gasteiger partial charge in [-0.15, -0.1) is 0 Å². The summed E-state index contributed by atoms with van der Waals surface area (Å²) in [6.07, 6.45) is 1.72. The van der Waals surface area contributed by atoms with Gasteiger partial charge < -0.3 is 11.1 Å². The minimum Gasteiger partial charge on any atom is -0.396 e. The first-order valence-electron chi connectivity index (χ1n) is 5.11. The summed E-state index contributed by atoms with van der Waals surface area (Å²) in [7, 11) is 0. The van der Waals surface area contributed by atoms with E-state index < -0.39 is 0 Å². The van der Waals surface area contributed by atoms with Crippen LogP contribution in [0.4, 0.5) is 11.4 Å². The highest BCUT2D eigenvalue weighted by atomic mass is 14.9. The van der Waals surface area contributed by atoms with Crippen molar-refractivity contribution >= 4 is 22.3 Å². The average Bonchev–Trinajstić information content (AvgIpc) is 2.23. The first kappa shape index (κ1) is 9.77. The van der Waals surface area contributed by atoms with Crippen molar-refractivity contribution in [3.8, 4) is 0 Å². The predicted octanol–water partition coefficient (Wildman–Crippen LogP) is 2.56. The molecule has 1 aromatic heterocycles. The van der Waals surface area contributed by atoms with Crippen LogP contribution in [0.15, 0.2) is 24.4 Å². The number of anilines is 2. The van der Waals surface area contributed by atoms with E-state index in [2.05, 4.69) is 30.2 Å². The summed E-state index contributed by atoms with van der Waals surface area (Å²) in [6.45, 7) is 4.97. The number of para-hydroxylation sites is 1. The van der Waals surface area contributed by atoms with E-state index in [-0.39, 0.29) is 0 Å². The summed E-state index contributed by atoms with van der Waals surface area (Å²) >= 11 is 0. The number of benzene rings is 1. The Kier molecular flexibility index (Phi) is 2.46. The Morgan fingerprint density at radius 1 is 1.40 bits per heavy atom. The van der Waals surface area contributed by atoms with Gasteiger partial charge in [0.1, 0.15) is 0 Å². The lowest BCUT2D eigenvalue weighted by Crippen LogP contribution is -2.02. The molecule has 2 rings (SSSR count). The summed E-state index contributed by atoms with van der Waals surface area (Å²) in [6, 6.07) is 6.13. The molecule has 0 fully saturated rings. The van der Waals surface area contributed by atoms with Crippen LogP contribution in [0.25, 0.3) is 10.9 Å². The second-order valence-electron chi connectivity index (χ2n) is 3.59. The van der Waals surface area contributed by atoms with Gasteiger partial charge in [-0.05, 0) is 19.4 Å². The van der Waals surface area contributed by atoms with Crippen LogP contribution in [0, 0.1) is 6.92 Å². The van der Waals surface area contributed by atoms with Gasteiger partial charge in [-0.2, -0.15) is 0 Å². The van der Waals surface area contributed by atoms with E-state index in [0.717, 1.165) is 23.1 Å². The quantitative estimate of drug-likeness (QED) is 0.785. The van der Waals surface area contributed by atoms with Crippen LogP contribution in [-0.2, 0) is 0 Å². The largest absolute Gasteiger partial charge is 0.396 e. The topological polar surface area (TPSA) is 50.9 Å². The number of nitrogens with two attached hydrogens (primary N) is 1. The Bertz CT molecular complexity index is 491. The van der Waals surface area contributed by atoms with E-state index in [1.807, 2.05) is 12.1 Å². The van der Waals surface area contributed by atoms with Crippen LogP contribution >= 0.6 is 0 Å². The van der Waals surface area contributed by atoms with Gasteiger partial charge >= 0.3 is 0 Å². The molecule has 1 aromatic carbocycles. The van der Waals surface area contributed by atoms with Gasteiger partial charge in [-0.25, -0.2) is 0 Å². The van der Waals surface area contributed by atoms with Crippen LogP contribution in [-0.4, -0.2) is 11.5 Å². The molecule has 0 atom stereocenters. The average molecular weight is 201 g/mol. The molecule has 0 spiro atoms. The van der Waals surface area contributed by atoms with E-state index in [1.54, 1.807) is 6.20 Å². The van der Waals surface area contributed by atoms with Crippen molar-refractivity contribution in [2.45, 2.75) is 13.8 Å². The van der Waals surface area contributed by atoms with E-state index in [0.29, 0.717) is 5.69 Å². The SMILES string of the molecule is CCNc1c(N)cnc2c(C)cccc12. The van der Waals surface area contributed by atoms with Crippen LogP contribution in [0.2, 0.25) is 0 Å². The highest BCUT2D eigenvalue weighted by Crippen LogP contribution is 2.28. The smallest absolute Gasteiger partial charge is 0.0753 e. The molecule has 0 unspecified atom stereocenters. The molecule has 3 N–H and O–H groups in total. The fourth-order valence-corrected chi connectivity index (χ4v) is 1.76. The fraction of sp³-hybridized carbons (Fsp3) is 0.250. The summed E-state index contributed by atoms with van der Waals surface area (Å²) in [4.78, 5) is 4.36. The van der Waals surface area contributed by atoms with E-state index in [1.165, 1.54) is 5.56 Å². The molecule has 0 aliphatic rings. The summed E-state index contributed by atoms with van der Waals surface area (Å²) in [5.74, 6) is 0. The summed E-state index contributed by atoms with van der Waals surface area (Å²) in [5, 5.41) is 4.38. The maximum Gasteiger partial charge on any atom is 0.0753 e. The number of pyridine rings is 1. The molecule has 0 amide bonds. The molecule has 0 saturated carbocycles. The Balaban J connectivity index is 2.75. The lowest BCUT2D eigenvalue weighted by atomic mass is 10.1. The second kappa shape index (κ2) is 3.77. The standard InChI is InChI=1S/C12H15N3/c1-3-14-12-9-6-4-5-8(2)11(9)15-7-10(12)13/h4-7H,3,13H2,1-2H3,(H,14,15). The molecule has 2 aromatic rings. The number of nitrogens with one attached hydrogen (secondary N) is 1. The normalized spacial score (nSPS) is 10.5. The third kappa shape index (κ3) is 1.61. The number of hydrogen-bond donors (Lipinski definition) is 2. The highest BCUT2D eigenvalue weighted by molar-refractivity contribution is 5.98. The van der Waals surface area contributed by atoms with Crippen molar-refractivity contribution in [2.24, 2.45) is 0 Å². The Morgan fingerprint density at radius 2 is 2.20 bits per heavy atom. The number of rotatable bonds is 2. The number of fused-ring (bicyclic) bond motifs is 1. The molecule has 1 heterocycles. The second-order valence-corrected chi connectivity index (χ2v) is 3.59. The minimum atomic E-state index is 0.704. The van der Waals surface area contributed by atoms with Gasteiger partial charge in [-0.3, -0.25) is 4.98 Å². The van der Waals surface area contributed by atoms with Crippen molar-refractivity contribution in [3.63, 3.8) is 0 Å². The van der Waals surface area contributed by atoms with Crippen LogP contribution in [0.3, 0.4) is 0 Å². The zero-order chi connectivity index (χ0) is 10.8. The predicted molar refractivity (Wildman–Crippen MR) is 65.1 cm³/mol.